The SMILES string of the molecule is COc1ccc([C@H]2[C@@H]3CN(C(=O)Cc4c(C)nc(C)[nH]c4=O)C[C@@H]3CN2C)cc1. The fraction of sp³-hybridized carbons (Fsp3) is 0.500. The van der Waals surface area contributed by atoms with Crippen molar-refractivity contribution in [2.75, 3.05) is 33.8 Å². The van der Waals surface area contributed by atoms with Gasteiger partial charge in [-0.25, -0.2) is 4.98 Å². The number of hydrogen-bond acceptors (Lipinski definition) is 5. The van der Waals surface area contributed by atoms with Gasteiger partial charge < -0.3 is 14.6 Å². The summed E-state index contributed by atoms with van der Waals surface area (Å²) in [5, 5.41) is 0. The van der Waals surface area contributed by atoms with E-state index in [1.165, 1.54) is 5.56 Å². The van der Waals surface area contributed by atoms with Crippen molar-refractivity contribution in [2.24, 2.45) is 11.8 Å². The van der Waals surface area contributed by atoms with Gasteiger partial charge in [-0.2, -0.15) is 0 Å². The molecule has 3 atom stereocenters. The highest BCUT2D eigenvalue weighted by Crippen LogP contribution is 2.44. The Kier molecular flexibility index (Phi) is 5.17. The van der Waals surface area contributed by atoms with Gasteiger partial charge in [-0.05, 0) is 44.5 Å². The van der Waals surface area contributed by atoms with E-state index in [-0.39, 0.29) is 23.9 Å². The monoisotopic (exact) mass is 396 g/mol. The van der Waals surface area contributed by atoms with Gasteiger partial charge in [-0.1, -0.05) is 12.1 Å². The van der Waals surface area contributed by atoms with Crippen LogP contribution in [0.1, 0.15) is 28.7 Å². The molecule has 0 unspecified atom stereocenters. The lowest BCUT2D eigenvalue weighted by molar-refractivity contribution is -0.129. The highest BCUT2D eigenvalue weighted by molar-refractivity contribution is 5.79. The molecule has 2 fully saturated rings. The molecule has 0 aliphatic carbocycles. The predicted octanol–water partition coefficient (Wildman–Crippen LogP) is 1.70. The number of benzene rings is 1. The largest absolute Gasteiger partial charge is 0.497 e. The van der Waals surface area contributed by atoms with Crippen LogP contribution in [-0.4, -0.2) is 59.5 Å². The maximum atomic E-state index is 13.0. The lowest BCUT2D eigenvalue weighted by atomic mass is 9.89. The first-order valence-corrected chi connectivity index (χ1v) is 10.1. The summed E-state index contributed by atoms with van der Waals surface area (Å²) in [5.74, 6) is 2.28. The number of ether oxygens (including phenoxy) is 1. The molecule has 154 valence electrons. The molecule has 1 N–H and O–H groups in total. The average Bonchev–Trinajstić information content (AvgIpc) is 3.21. The fourth-order valence-corrected chi connectivity index (χ4v) is 4.99. The average molecular weight is 396 g/mol. The minimum atomic E-state index is -0.210. The summed E-state index contributed by atoms with van der Waals surface area (Å²) in [5.41, 5.74) is 2.15. The summed E-state index contributed by atoms with van der Waals surface area (Å²) in [6.07, 6.45) is 0.108. The number of aryl methyl sites for hydroxylation is 2. The van der Waals surface area contributed by atoms with Crippen LogP contribution in [0.15, 0.2) is 29.1 Å². The lowest BCUT2D eigenvalue weighted by Gasteiger charge is -2.27. The van der Waals surface area contributed by atoms with Crippen LogP contribution >= 0.6 is 0 Å². The minimum Gasteiger partial charge on any atom is -0.497 e. The number of methoxy groups -OCH3 is 1. The molecule has 0 radical (unpaired) electrons. The van der Waals surface area contributed by atoms with Crippen LogP contribution in [-0.2, 0) is 11.2 Å². The number of rotatable bonds is 4. The van der Waals surface area contributed by atoms with E-state index in [1.807, 2.05) is 17.0 Å². The molecule has 7 nitrogen and oxygen atoms in total. The summed E-state index contributed by atoms with van der Waals surface area (Å²) in [4.78, 5) is 36.5. The second kappa shape index (κ2) is 7.63. The van der Waals surface area contributed by atoms with E-state index in [2.05, 4.69) is 34.0 Å². The van der Waals surface area contributed by atoms with Crippen LogP contribution in [0.5, 0.6) is 5.75 Å². The fourth-order valence-electron chi connectivity index (χ4n) is 4.99. The first-order valence-electron chi connectivity index (χ1n) is 10.1. The van der Waals surface area contributed by atoms with Gasteiger partial charge >= 0.3 is 0 Å². The number of aromatic nitrogens is 2. The van der Waals surface area contributed by atoms with Gasteiger partial charge in [0.2, 0.25) is 5.91 Å². The van der Waals surface area contributed by atoms with Crippen molar-refractivity contribution < 1.29 is 9.53 Å². The Bertz CT molecular complexity index is 969. The maximum absolute atomic E-state index is 13.0. The van der Waals surface area contributed by atoms with Crippen LogP contribution < -0.4 is 10.3 Å². The Balaban J connectivity index is 1.49. The minimum absolute atomic E-state index is 0.00906. The van der Waals surface area contributed by atoms with E-state index < -0.39 is 0 Å². The zero-order valence-corrected chi connectivity index (χ0v) is 17.4. The molecule has 2 aliphatic heterocycles. The number of fused-ring (bicyclic) bond motifs is 1. The molecular weight excluding hydrogens is 368 g/mol. The summed E-state index contributed by atoms with van der Waals surface area (Å²) < 4.78 is 5.28. The standard InChI is InChI=1S/C22H28N4O3/c1-13-18(22(28)24-14(2)23-13)9-20(27)26-11-16-10-25(3)21(19(16)12-26)15-5-7-17(29-4)8-6-15/h5-8,16,19,21H,9-12H2,1-4H3,(H,23,24,28)/t16-,19+,21-/m0/s1. The third-order valence-corrected chi connectivity index (χ3v) is 6.37. The number of hydrogen-bond donors (Lipinski definition) is 1. The molecule has 2 aliphatic rings. The molecule has 2 aromatic rings. The van der Waals surface area contributed by atoms with E-state index in [1.54, 1.807) is 21.0 Å². The molecule has 7 heteroatoms. The topological polar surface area (TPSA) is 78.5 Å². The number of likely N-dealkylation sites (tertiary alicyclic amines) is 2. The summed E-state index contributed by atoms with van der Waals surface area (Å²) in [7, 11) is 3.82. The molecule has 0 spiro atoms. The number of nitrogens with zero attached hydrogens (tertiary/aromatic N) is 3. The van der Waals surface area contributed by atoms with E-state index in [0.29, 0.717) is 28.9 Å². The summed E-state index contributed by atoms with van der Waals surface area (Å²) in [6, 6.07) is 8.51. The smallest absolute Gasteiger partial charge is 0.254 e. The second-order valence-corrected chi connectivity index (χ2v) is 8.27. The Morgan fingerprint density at radius 3 is 2.59 bits per heavy atom. The third-order valence-electron chi connectivity index (χ3n) is 6.37. The highest BCUT2D eigenvalue weighted by atomic mass is 16.5. The number of aromatic amines is 1. The summed E-state index contributed by atoms with van der Waals surface area (Å²) >= 11 is 0. The zero-order chi connectivity index (χ0) is 20.7. The van der Waals surface area contributed by atoms with Crippen molar-refractivity contribution >= 4 is 5.91 Å². The second-order valence-electron chi connectivity index (χ2n) is 8.27. The number of H-pyrrole nitrogens is 1. The van der Waals surface area contributed by atoms with Crippen molar-refractivity contribution in [3.63, 3.8) is 0 Å². The number of carbonyl (C=O) groups is 1. The number of carbonyl (C=O) groups excluding carboxylic acids is 1. The van der Waals surface area contributed by atoms with Gasteiger partial charge in [0.05, 0.1) is 13.5 Å². The van der Waals surface area contributed by atoms with Gasteiger partial charge in [0.25, 0.3) is 5.56 Å². The van der Waals surface area contributed by atoms with Crippen LogP contribution in [0, 0.1) is 25.7 Å². The van der Waals surface area contributed by atoms with Gasteiger partial charge in [0.15, 0.2) is 0 Å². The molecule has 0 saturated carbocycles. The Hall–Kier alpha value is -2.67. The Morgan fingerprint density at radius 2 is 1.93 bits per heavy atom. The lowest BCUT2D eigenvalue weighted by Crippen LogP contribution is -2.35. The van der Waals surface area contributed by atoms with Crippen molar-refractivity contribution in [3.05, 3.63) is 57.3 Å². The van der Waals surface area contributed by atoms with E-state index in [9.17, 15) is 9.59 Å². The Labute approximate surface area is 170 Å². The van der Waals surface area contributed by atoms with Crippen molar-refractivity contribution in [3.8, 4) is 5.75 Å². The summed E-state index contributed by atoms with van der Waals surface area (Å²) in [6.45, 7) is 5.98. The van der Waals surface area contributed by atoms with Crippen molar-refractivity contribution in [1.29, 1.82) is 0 Å². The molecule has 1 aromatic carbocycles. The van der Waals surface area contributed by atoms with Gasteiger partial charge in [-0.3, -0.25) is 14.5 Å². The molecule has 29 heavy (non-hydrogen) atoms. The van der Waals surface area contributed by atoms with E-state index >= 15 is 0 Å². The van der Waals surface area contributed by atoms with Crippen LogP contribution in [0.4, 0.5) is 0 Å². The molecule has 0 bridgehead atoms. The van der Waals surface area contributed by atoms with Crippen LogP contribution in [0.2, 0.25) is 0 Å². The first-order chi connectivity index (χ1) is 13.9. The molecule has 1 aromatic heterocycles. The molecule has 3 heterocycles. The highest BCUT2D eigenvalue weighted by Gasteiger charge is 2.47. The van der Waals surface area contributed by atoms with Gasteiger partial charge in [0.1, 0.15) is 11.6 Å². The van der Waals surface area contributed by atoms with Crippen LogP contribution in [0.25, 0.3) is 0 Å². The Morgan fingerprint density at radius 1 is 1.21 bits per heavy atom. The molecule has 4 rings (SSSR count). The number of amides is 1. The molecular formula is C22H28N4O3. The first kappa shape index (κ1) is 19.6. The van der Waals surface area contributed by atoms with E-state index in [4.69, 9.17) is 4.74 Å². The van der Waals surface area contributed by atoms with E-state index in [0.717, 1.165) is 25.4 Å². The van der Waals surface area contributed by atoms with Crippen molar-refractivity contribution in [1.82, 2.24) is 19.8 Å². The van der Waals surface area contributed by atoms with Crippen LogP contribution in [0.3, 0.4) is 0 Å². The van der Waals surface area contributed by atoms with Crippen molar-refractivity contribution in [2.45, 2.75) is 26.3 Å². The van der Waals surface area contributed by atoms with Gasteiger partial charge in [0, 0.05) is 42.9 Å². The normalized spacial score (nSPS) is 24.0. The quantitative estimate of drug-likeness (QED) is 0.851. The number of nitrogens with one attached hydrogen (secondary N) is 1. The van der Waals surface area contributed by atoms with Gasteiger partial charge in [-0.15, -0.1) is 0 Å². The molecule has 2 saturated heterocycles. The predicted molar refractivity (Wildman–Crippen MR) is 110 cm³/mol. The third kappa shape index (κ3) is 3.67. The maximum Gasteiger partial charge on any atom is 0.254 e. The zero-order valence-electron chi connectivity index (χ0n) is 17.4. The molecule has 1 amide bonds.